The van der Waals surface area contributed by atoms with E-state index in [-0.39, 0.29) is 5.56 Å². The van der Waals surface area contributed by atoms with Gasteiger partial charge in [-0.3, -0.25) is 0 Å². The zero-order chi connectivity index (χ0) is 15.2. The lowest BCUT2D eigenvalue weighted by Crippen LogP contribution is -2.08. The minimum atomic E-state index is -1.01. The Kier molecular flexibility index (Phi) is 4.96. The summed E-state index contributed by atoms with van der Waals surface area (Å²) in [6, 6.07) is 9.65. The topological polar surface area (TPSA) is 63.1 Å². The van der Waals surface area contributed by atoms with Gasteiger partial charge >= 0.3 is 5.97 Å². The highest BCUT2D eigenvalue weighted by Gasteiger charge is 2.16. The van der Waals surface area contributed by atoms with Crippen molar-refractivity contribution in [3.8, 4) is 11.8 Å². The smallest absolute Gasteiger partial charge is 0.340 e. The minimum Gasteiger partial charge on any atom is -0.478 e. The van der Waals surface area contributed by atoms with Crippen LogP contribution < -0.4 is 0 Å². The van der Waals surface area contributed by atoms with Gasteiger partial charge in [-0.15, -0.1) is 0 Å². The maximum absolute atomic E-state index is 11.3. The molecule has 21 heavy (non-hydrogen) atoms. The average molecular weight is 298 g/mol. The Morgan fingerprint density at radius 1 is 1.24 bits per heavy atom. The highest BCUT2D eigenvalue weighted by Crippen LogP contribution is 2.22. The second-order valence-corrected chi connectivity index (χ2v) is 5.26. The van der Waals surface area contributed by atoms with Crippen molar-refractivity contribution in [2.24, 2.45) is 0 Å². The summed E-state index contributed by atoms with van der Waals surface area (Å²) in [4.78, 5) is 19.6. The molecule has 0 amide bonds. The van der Waals surface area contributed by atoms with Crippen molar-refractivity contribution in [2.75, 3.05) is 5.75 Å². The van der Waals surface area contributed by atoms with Crippen molar-refractivity contribution in [2.45, 2.75) is 18.9 Å². The van der Waals surface area contributed by atoms with Crippen LogP contribution >= 0.6 is 11.8 Å². The molecule has 0 atom stereocenters. The van der Waals surface area contributed by atoms with Crippen LogP contribution in [0.5, 0.6) is 0 Å². The number of nitrogens with zero attached hydrogens (tertiary/aromatic N) is 2. The number of aryl methyl sites for hydroxylation is 2. The van der Waals surface area contributed by atoms with E-state index in [4.69, 9.17) is 0 Å². The van der Waals surface area contributed by atoms with Gasteiger partial charge in [-0.05, 0) is 26.0 Å². The molecular weight excluding hydrogens is 284 g/mol. The van der Waals surface area contributed by atoms with E-state index in [2.05, 4.69) is 21.8 Å². The largest absolute Gasteiger partial charge is 0.478 e. The van der Waals surface area contributed by atoms with Crippen LogP contribution in [0, 0.1) is 25.7 Å². The molecule has 0 saturated carbocycles. The molecule has 0 unspecified atom stereocenters. The summed E-state index contributed by atoms with van der Waals surface area (Å²) >= 11 is 1.32. The number of aromatic nitrogens is 2. The molecule has 0 bridgehead atoms. The lowest BCUT2D eigenvalue weighted by molar-refractivity contribution is 0.0690. The van der Waals surface area contributed by atoms with Crippen molar-refractivity contribution in [3.63, 3.8) is 0 Å². The SMILES string of the molecule is Cc1nc(C)c(C(=O)O)c(SCC#Cc2ccccc2)n1. The Hall–Kier alpha value is -2.32. The second kappa shape index (κ2) is 6.91. The third kappa shape index (κ3) is 4.07. The zero-order valence-corrected chi connectivity index (χ0v) is 12.6. The van der Waals surface area contributed by atoms with E-state index in [1.807, 2.05) is 30.3 Å². The predicted molar refractivity (Wildman–Crippen MR) is 82.5 cm³/mol. The van der Waals surface area contributed by atoms with Gasteiger partial charge in [-0.2, -0.15) is 0 Å². The van der Waals surface area contributed by atoms with Gasteiger partial charge in [-0.25, -0.2) is 14.8 Å². The molecular formula is C16H14N2O2S. The van der Waals surface area contributed by atoms with E-state index in [9.17, 15) is 9.90 Å². The van der Waals surface area contributed by atoms with Crippen LogP contribution in [0.15, 0.2) is 35.4 Å². The summed E-state index contributed by atoms with van der Waals surface area (Å²) in [5.41, 5.74) is 1.58. The van der Waals surface area contributed by atoms with Crippen molar-refractivity contribution >= 4 is 17.7 Å². The lowest BCUT2D eigenvalue weighted by atomic mass is 10.2. The first-order valence-electron chi connectivity index (χ1n) is 6.33. The predicted octanol–water partition coefficient (Wildman–Crippen LogP) is 2.94. The van der Waals surface area contributed by atoms with Gasteiger partial charge in [0, 0.05) is 5.56 Å². The summed E-state index contributed by atoms with van der Waals surface area (Å²) in [6.07, 6.45) is 0. The third-order valence-electron chi connectivity index (χ3n) is 2.67. The van der Waals surface area contributed by atoms with Crippen LogP contribution in [0.4, 0.5) is 0 Å². The molecule has 0 radical (unpaired) electrons. The molecule has 0 aliphatic rings. The summed E-state index contributed by atoms with van der Waals surface area (Å²) in [5, 5.41) is 9.71. The van der Waals surface area contributed by atoms with Crippen LogP contribution in [0.3, 0.4) is 0 Å². The molecule has 106 valence electrons. The van der Waals surface area contributed by atoms with Gasteiger partial charge in [0.15, 0.2) is 0 Å². The molecule has 4 nitrogen and oxygen atoms in total. The molecule has 1 aromatic heterocycles. The molecule has 0 aliphatic heterocycles. The number of aromatic carboxylic acids is 1. The Morgan fingerprint density at radius 2 is 1.95 bits per heavy atom. The monoisotopic (exact) mass is 298 g/mol. The van der Waals surface area contributed by atoms with Crippen molar-refractivity contribution in [3.05, 3.63) is 53.0 Å². The van der Waals surface area contributed by atoms with Gasteiger partial charge in [0.25, 0.3) is 0 Å². The molecule has 0 aliphatic carbocycles. The molecule has 0 spiro atoms. The summed E-state index contributed by atoms with van der Waals surface area (Å²) in [6.45, 7) is 3.43. The van der Waals surface area contributed by atoms with E-state index >= 15 is 0 Å². The molecule has 0 saturated heterocycles. The number of thioether (sulfide) groups is 1. The third-order valence-corrected chi connectivity index (χ3v) is 3.53. The number of carbonyl (C=O) groups is 1. The molecule has 1 aromatic carbocycles. The zero-order valence-electron chi connectivity index (χ0n) is 11.8. The standard InChI is InChI=1S/C16H14N2O2S/c1-11-14(16(19)20)15(18-12(2)17-11)21-10-6-9-13-7-4-3-5-8-13/h3-5,7-8H,10H2,1-2H3,(H,19,20). The van der Waals surface area contributed by atoms with E-state index < -0.39 is 5.97 Å². The van der Waals surface area contributed by atoms with Crippen molar-refractivity contribution in [1.29, 1.82) is 0 Å². The molecule has 1 N–H and O–H groups in total. The maximum atomic E-state index is 11.3. The normalized spacial score (nSPS) is 9.81. The van der Waals surface area contributed by atoms with Crippen LogP contribution in [0.1, 0.15) is 27.4 Å². The van der Waals surface area contributed by atoms with Crippen molar-refractivity contribution < 1.29 is 9.90 Å². The highest BCUT2D eigenvalue weighted by atomic mass is 32.2. The van der Waals surface area contributed by atoms with Crippen molar-refractivity contribution in [1.82, 2.24) is 9.97 Å². The van der Waals surface area contributed by atoms with Gasteiger partial charge in [0.1, 0.15) is 16.4 Å². The van der Waals surface area contributed by atoms with Gasteiger partial charge in [0.2, 0.25) is 0 Å². The lowest BCUT2D eigenvalue weighted by Gasteiger charge is -2.06. The summed E-state index contributed by atoms with van der Waals surface area (Å²) in [5.74, 6) is 6.08. The van der Waals surface area contributed by atoms with Crippen LogP contribution in [0.25, 0.3) is 0 Å². The van der Waals surface area contributed by atoms with Crippen LogP contribution in [0.2, 0.25) is 0 Å². The maximum Gasteiger partial charge on any atom is 0.340 e. The Morgan fingerprint density at radius 3 is 2.62 bits per heavy atom. The quantitative estimate of drug-likeness (QED) is 0.536. The van der Waals surface area contributed by atoms with Gasteiger partial charge in [-0.1, -0.05) is 41.8 Å². The molecule has 2 aromatic rings. The van der Waals surface area contributed by atoms with Gasteiger partial charge < -0.3 is 5.11 Å². The van der Waals surface area contributed by atoms with Crippen LogP contribution in [-0.4, -0.2) is 26.8 Å². The molecule has 2 rings (SSSR count). The Labute approximate surface area is 127 Å². The number of hydrogen-bond acceptors (Lipinski definition) is 4. The fourth-order valence-electron chi connectivity index (χ4n) is 1.80. The first kappa shape index (κ1) is 15.1. The molecule has 1 heterocycles. The van der Waals surface area contributed by atoms with E-state index in [0.717, 1.165) is 5.56 Å². The van der Waals surface area contributed by atoms with E-state index in [1.165, 1.54) is 11.8 Å². The first-order valence-corrected chi connectivity index (χ1v) is 7.31. The summed E-state index contributed by atoms with van der Waals surface area (Å²) < 4.78 is 0. The number of hydrogen-bond donors (Lipinski definition) is 1. The number of rotatable bonds is 3. The fraction of sp³-hybridized carbons (Fsp3) is 0.188. The Balaban J connectivity index is 2.14. The summed E-state index contributed by atoms with van der Waals surface area (Å²) in [7, 11) is 0. The minimum absolute atomic E-state index is 0.159. The van der Waals surface area contributed by atoms with E-state index in [1.54, 1.807) is 13.8 Å². The number of carboxylic acids is 1. The molecule has 0 fully saturated rings. The Bertz CT molecular complexity index is 718. The first-order chi connectivity index (χ1) is 10.1. The highest BCUT2D eigenvalue weighted by molar-refractivity contribution is 7.99. The van der Waals surface area contributed by atoms with E-state index in [0.29, 0.717) is 22.3 Å². The second-order valence-electron chi connectivity index (χ2n) is 4.30. The molecule has 5 heteroatoms. The van der Waals surface area contributed by atoms with Crippen LogP contribution in [-0.2, 0) is 0 Å². The average Bonchev–Trinajstić information content (AvgIpc) is 2.43. The number of carboxylic acid groups (broad SMARTS) is 1. The number of benzene rings is 1. The fourth-order valence-corrected chi connectivity index (χ4v) is 2.65. The van der Waals surface area contributed by atoms with Gasteiger partial charge in [0.05, 0.1) is 11.4 Å².